The number of benzene rings is 1. The molecule has 0 heterocycles. The van der Waals surface area contributed by atoms with Crippen LogP contribution in [0, 0.1) is 5.92 Å². The summed E-state index contributed by atoms with van der Waals surface area (Å²) >= 11 is 3.56. The Morgan fingerprint density at radius 3 is 2.94 bits per heavy atom. The Balaban J connectivity index is 1.99. The van der Waals surface area contributed by atoms with E-state index in [0.29, 0.717) is 6.04 Å². The van der Waals surface area contributed by atoms with Crippen molar-refractivity contribution in [1.82, 2.24) is 5.32 Å². The molecule has 1 aromatic carbocycles. The minimum Gasteiger partial charge on any atom is -0.314 e. The predicted molar refractivity (Wildman–Crippen MR) is 72.8 cm³/mol. The molecule has 2 rings (SSSR count). The SMILES string of the molecule is CC(C)NCC1CCc2ccc(Br)cc2C1. The Kier molecular flexibility index (Phi) is 4.04. The summed E-state index contributed by atoms with van der Waals surface area (Å²) in [5.74, 6) is 0.809. The fourth-order valence-electron chi connectivity index (χ4n) is 2.38. The van der Waals surface area contributed by atoms with Crippen molar-refractivity contribution in [2.75, 3.05) is 6.54 Å². The van der Waals surface area contributed by atoms with Crippen LogP contribution in [0.25, 0.3) is 0 Å². The van der Waals surface area contributed by atoms with Gasteiger partial charge in [0.15, 0.2) is 0 Å². The number of rotatable bonds is 3. The highest BCUT2D eigenvalue weighted by atomic mass is 79.9. The fraction of sp³-hybridized carbons (Fsp3) is 0.571. The van der Waals surface area contributed by atoms with Crippen molar-refractivity contribution >= 4 is 15.9 Å². The Labute approximate surface area is 107 Å². The molecule has 1 N–H and O–H groups in total. The summed E-state index contributed by atoms with van der Waals surface area (Å²) in [6.45, 7) is 5.59. The molecule has 1 aromatic rings. The molecule has 0 saturated heterocycles. The zero-order valence-electron chi connectivity index (χ0n) is 10.1. The molecule has 0 aliphatic heterocycles. The van der Waals surface area contributed by atoms with Gasteiger partial charge in [0.05, 0.1) is 0 Å². The van der Waals surface area contributed by atoms with Crippen LogP contribution in [0.15, 0.2) is 22.7 Å². The molecule has 0 spiro atoms. The zero-order chi connectivity index (χ0) is 11.5. The molecule has 0 saturated carbocycles. The van der Waals surface area contributed by atoms with Crippen LogP contribution in [0.1, 0.15) is 31.4 Å². The van der Waals surface area contributed by atoms with Crippen LogP contribution in [0.2, 0.25) is 0 Å². The Hall–Kier alpha value is -0.340. The molecule has 1 atom stereocenters. The van der Waals surface area contributed by atoms with E-state index < -0.39 is 0 Å². The Bertz CT molecular complexity index is 360. The molecule has 0 fully saturated rings. The molecule has 0 amide bonds. The number of hydrogen-bond acceptors (Lipinski definition) is 1. The number of fused-ring (bicyclic) bond motifs is 1. The average Bonchev–Trinajstić information content (AvgIpc) is 2.25. The third-order valence-electron chi connectivity index (χ3n) is 3.31. The Morgan fingerprint density at radius 2 is 2.19 bits per heavy atom. The molecule has 2 heteroatoms. The summed E-state index contributed by atoms with van der Waals surface area (Å²) in [4.78, 5) is 0. The average molecular weight is 282 g/mol. The second kappa shape index (κ2) is 5.33. The van der Waals surface area contributed by atoms with E-state index in [-0.39, 0.29) is 0 Å². The van der Waals surface area contributed by atoms with Crippen LogP contribution in [-0.2, 0) is 12.8 Å². The van der Waals surface area contributed by atoms with Crippen LogP contribution in [0.5, 0.6) is 0 Å². The lowest BCUT2D eigenvalue weighted by Crippen LogP contribution is -2.31. The lowest BCUT2D eigenvalue weighted by Gasteiger charge is -2.25. The van der Waals surface area contributed by atoms with Crippen molar-refractivity contribution in [1.29, 1.82) is 0 Å². The van der Waals surface area contributed by atoms with Crippen LogP contribution in [-0.4, -0.2) is 12.6 Å². The van der Waals surface area contributed by atoms with Gasteiger partial charge in [-0.3, -0.25) is 0 Å². The van der Waals surface area contributed by atoms with Gasteiger partial charge in [-0.05, 0) is 55.0 Å². The first kappa shape index (κ1) is 12.1. The van der Waals surface area contributed by atoms with E-state index in [1.54, 1.807) is 5.56 Å². The molecule has 16 heavy (non-hydrogen) atoms. The number of nitrogens with one attached hydrogen (secondary N) is 1. The smallest absolute Gasteiger partial charge is 0.0178 e. The van der Waals surface area contributed by atoms with Crippen molar-refractivity contribution < 1.29 is 0 Å². The van der Waals surface area contributed by atoms with Gasteiger partial charge in [-0.2, -0.15) is 0 Å². The third kappa shape index (κ3) is 3.08. The summed E-state index contributed by atoms with van der Waals surface area (Å²) in [6.07, 6.45) is 3.80. The first-order valence-electron chi connectivity index (χ1n) is 6.16. The van der Waals surface area contributed by atoms with E-state index in [9.17, 15) is 0 Å². The first-order valence-corrected chi connectivity index (χ1v) is 6.95. The molecule has 1 nitrogen and oxygen atoms in total. The van der Waals surface area contributed by atoms with Gasteiger partial charge in [0, 0.05) is 10.5 Å². The van der Waals surface area contributed by atoms with Gasteiger partial charge in [0.25, 0.3) is 0 Å². The molecule has 0 bridgehead atoms. The number of halogens is 1. The van der Waals surface area contributed by atoms with Crippen LogP contribution >= 0.6 is 15.9 Å². The Morgan fingerprint density at radius 1 is 1.38 bits per heavy atom. The zero-order valence-corrected chi connectivity index (χ0v) is 11.7. The molecule has 0 aromatic heterocycles. The lowest BCUT2D eigenvalue weighted by molar-refractivity contribution is 0.406. The second-order valence-electron chi connectivity index (χ2n) is 5.08. The van der Waals surface area contributed by atoms with E-state index >= 15 is 0 Å². The maximum Gasteiger partial charge on any atom is 0.0178 e. The van der Waals surface area contributed by atoms with Gasteiger partial charge in [0.2, 0.25) is 0 Å². The lowest BCUT2D eigenvalue weighted by atomic mass is 9.84. The van der Waals surface area contributed by atoms with E-state index in [1.807, 2.05) is 0 Å². The van der Waals surface area contributed by atoms with Gasteiger partial charge in [0.1, 0.15) is 0 Å². The topological polar surface area (TPSA) is 12.0 Å². The summed E-state index contributed by atoms with van der Waals surface area (Å²) in [5.41, 5.74) is 3.08. The van der Waals surface area contributed by atoms with Gasteiger partial charge in [-0.1, -0.05) is 35.8 Å². The molecule has 1 aliphatic rings. The summed E-state index contributed by atoms with van der Waals surface area (Å²) in [7, 11) is 0. The van der Waals surface area contributed by atoms with Crippen molar-refractivity contribution in [2.45, 2.75) is 39.2 Å². The van der Waals surface area contributed by atoms with Gasteiger partial charge < -0.3 is 5.32 Å². The van der Waals surface area contributed by atoms with Crippen molar-refractivity contribution in [2.24, 2.45) is 5.92 Å². The van der Waals surface area contributed by atoms with Gasteiger partial charge >= 0.3 is 0 Å². The maximum atomic E-state index is 3.56. The highest BCUT2D eigenvalue weighted by molar-refractivity contribution is 9.10. The van der Waals surface area contributed by atoms with Gasteiger partial charge in [-0.15, -0.1) is 0 Å². The van der Waals surface area contributed by atoms with Crippen molar-refractivity contribution in [3.63, 3.8) is 0 Å². The van der Waals surface area contributed by atoms with E-state index in [4.69, 9.17) is 0 Å². The second-order valence-corrected chi connectivity index (χ2v) is 6.00. The summed E-state index contributed by atoms with van der Waals surface area (Å²) in [6, 6.07) is 7.32. The largest absolute Gasteiger partial charge is 0.314 e. The monoisotopic (exact) mass is 281 g/mol. The minimum atomic E-state index is 0.601. The summed E-state index contributed by atoms with van der Waals surface area (Å²) < 4.78 is 1.21. The van der Waals surface area contributed by atoms with Gasteiger partial charge in [-0.25, -0.2) is 0 Å². The quantitative estimate of drug-likeness (QED) is 0.894. The summed E-state index contributed by atoms with van der Waals surface area (Å²) in [5, 5.41) is 3.55. The van der Waals surface area contributed by atoms with Crippen LogP contribution < -0.4 is 5.32 Å². The van der Waals surface area contributed by atoms with Crippen LogP contribution in [0.3, 0.4) is 0 Å². The first-order chi connectivity index (χ1) is 7.65. The van der Waals surface area contributed by atoms with Crippen molar-refractivity contribution in [3.05, 3.63) is 33.8 Å². The normalized spacial score (nSPS) is 19.9. The number of aryl methyl sites for hydroxylation is 1. The number of hydrogen-bond donors (Lipinski definition) is 1. The maximum absolute atomic E-state index is 3.56. The van der Waals surface area contributed by atoms with E-state index in [1.165, 1.54) is 29.3 Å². The highest BCUT2D eigenvalue weighted by Gasteiger charge is 2.18. The van der Waals surface area contributed by atoms with Crippen LogP contribution in [0.4, 0.5) is 0 Å². The molecular weight excluding hydrogens is 262 g/mol. The molecule has 1 aliphatic carbocycles. The molecule has 88 valence electrons. The van der Waals surface area contributed by atoms with E-state index in [2.05, 4.69) is 53.3 Å². The molecule has 1 unspecified atom stereocenters. The molecule has 0 radical (unpaired) electrons. The van der Waals surface area contributed by atoms with E-state index in [0.717, 1.165) is 12.5 Å². The highest BCUT2D eigenvalue weighted by Crippen LogP contribution is 2.27. The molecular formula is C14H20BrN. The van der Waals surface area contributed by atoms with Crippen molar-refractivity contribution in [3.8, 4) is 0 Å². The third-order valence-corrected chi connectivity index (χ3v) is 3.81. The fourth-order valence-corrected chi connectivity index (χ4v) is 2.79. The standard InChI is InChI=1S/C14H20BrN/c1-10(2)16-9-11-3-4-12-5-6-14(15)8-13(12)7-11/h5-6,8,10-11,16H,3-4,7,9H2,1-2H3. The minimum absolute atomic E-state index is 0.601. The predicted octanol–water partition coefficient (Wildman–Crippen LogP) is 3.55.